The number of hydrogen-bond acceptors (Lipinski definition) is 1. The molecule has 0 saturated carbocycles. The van der Waals surface area contributed by atoms with Crippen LogP contribution >= 0.6 is 11.8 Å². The quantitative estimate of drug-likeness (QED) is 0.455. The van der Waals surface area contributed by atoms with Crippen molar-refractivity contribution in [1.29, 1.82) is 0 Å². The van der Waals surface area contributed by atoms with Gasteiger partial charge in [0.05, 0.1) is 4.90 Å². The van der Waals surface area contributed by atoms with E-state index in [1.54, 1.807) is 0 Å². The normalized spacial score (nSPS) is 12.9. The average molecular weight is 301 g/mol. The number of halogens is 1. The van der Waals surface area contributed by atoms with Crippen LogP contribution in [0.3, 0.4) is 0 Å². The zero-order valence-corrected chi connectivity index (χ0v) is 9.88. The first-order valence-corrected chi connectivity index (χ1v) is 4.98. The first-order valence-electron chi connectivity index (χ1n) is 3.99. The second-order valence-electron chi connectivity index (χ2n) is 2.95. The number of hydrogen-bond donors (Lipinski definition) is 0. The molecule has 1 aliphatic heterocycles. The van der Waals surface area contributed by atoms with Crippen LogP contribution in [0.15, 0.2) is 41.4 Å². The highest BCUT2D eigenvalue weighted by atomic mass is 127. The number of para-hydroxylation sites is 1. The first kappa shape index (κ1) is 9.27. The number of benzene rings is 1. The van der Waals surface area contributed by atoms with Gasteiger partial charge >= 0.3 is 0 Å². The van der Waals surface area contributed by atoms with Crippen LogP contribution in [0.2, 0.25) is 0 Å². The fourth-order valence-corrected chi connectivity index (χ4v) is 2.71. The zero-order valence-electron chi connectivity index (χ0n) is 6.90. The first-order chi connectivity index (χ1) is 5.95. The summed E-state index contributed by atoms with van der Waals surface area (Å²) in [6, 6.07) is 10.8. The highest BCUT2D eigenvalue weighted by Crippen LogP contribution is 2.29. The highest BCUT2D eigenvalue weighted by Gasteiger charge is 2.20. The molecular formula is C10H8INS. The van der Waals surface area contributed by atoms with Gasteiger partial charge in [-0.15, -0.1) is 0 Å². The molecule has 1 aromatic carbocycles. The molecule has 0 amide bonds. The van der Waals surface area contributed by atoms with E-state index in [0.29, 0.717) is 0 Å². The Bertz CT molecular complexity index is 417. The fraction of sp³-hybridized carbons (Fsp3) is 0.100. The smallest absolute Gasteiger partial charge is 0.227 e. The van der Waals surface area contributed by atoms with Crippen molar-refractivity contribution >= 4 is 22.7 Å². The number of aromatic nitrogens is 1. The monoisotopic (exact) mass is 301 g/mol. The van der Waals surface area contributed by atoms with Crippen LogP contribution in [0, 0.1) is 0 Å². The maximum atomic E-state index is 2.30. The van der Waals surface area contributed by atoms with Crippen molar-refractivity contribution in [3.63, 3.8) is 0 Å². The number of thioether (sulfide) groups is 1. The summed E-state index contributed by atoms with van der Waals surface area (Å²) in [6.07, 6.45) is 2.14. The largest absolute Gasteiger partial charge is 1.00 e. The average Bonchev–Trinajstić information content (AvgIpc) is 2.52. The van der Waals surface area contributed by atoms with E-state index >= 15 is 0 Å². The van der Waals surface area contributed by atoms with Crippen LogP contribution in [0.25, 0.3) is 10.9 Å². The van der Waals surface area contributed by atoms with Gasteiger partial charge in [0.15, 0.2) is 12.1 Å². The summed E-state index contributed by atoms with van der Waals surface area (Å²) in [7, 11) is 0. The Hall–Kier alpha value is -0.290. The third kappa shape index (κ3) is 1.34. The molecule has 0 N–H and O–H groups in total. The van der Waals surface area contributed by atoms with E-state index in [2.05, 4.69) is 41.1 Å². The molecule has 0 radical (unpaired) electrons. The lowest BCUT2D eigenvalue weighted by Gasteiger charge is -1.92. The van der Waals surface area contributed by atoms with Crippen LogP contribution in [-0.2, 0) is 5.88 Å². The predicted molar refractivity (Wildman–Crippen MR) is 50.0 cm³/mol. The summed E-state index contributed by atoms with van der Waals surface area (Å²) >= 11 is 1.91. The topological polar surface area (TPSA) is 3.88 Å². The lowest BCUT2D eigenvalue weighted by atomic mass is 10.2. The Morgan fingerprint density at radius 1 is 1.15 bits per heavy atom. The van der Waals surface area contributed by atoms with E-state index in [-0.39, 0.29) is 24.0 Å². The van der Waals surface area contributed by atoms with E-state index in [0.717, 1.165) is 5.88 Å². The standard InChI is InChI=1S/C10H8NS.HI/c1-3-8-4-2-6-11-7-12-9(5-1)10(8)11;/h1-6H,7H2;1H/q+1;/p-1. The molecule has 0 aliphatic carbocycles. The van der Waals surface area contributed by atoms with Gasteiger partial charge in [0, 0.05) is 11.5 Å². The minimum Gasteiger partial charge on any atom is -1.00 e. The van der Waals surface area contributed by atoms with Crippen molar-refractivity contribution in [1.82, 2.24) is 0 Å². The predicted octanol–water partition coefficient (Wildman–Crippen LogP) is -0.805. The summed E-state index contributed by atoms with van der Waals surface area (Å²) in [5.74, 6) is 1.07. The number of rotatable bonds is 0. The van der Waals surface area contributed by atoms with Crippen LogP contribution in [0.4, 0.5) is 0 Å². The van der Waals surface area contributed by atoms with Crippen LogP contribution < -0.4 is 28.5 Å². The Morgan fingerprint density at radius 3 is 2.92 bits per heavy atom. The van der Waals surface area contributed by atoms with Crippen molar-refractivity contribution in [3.05, 3.63) is 36.5 Å². The minimum atomic E-state index is 0. The molecule has 0 atom stereocenters. The molecule has 66 valence electrons. The van der Waals surface area contributed by atoms with Gasteiger partial charge in [-0.25, -0.2) is 0 Å². The fourth-order valence-electron chi connectivity index (χ4n) is 1.67. The molecule has 0 spiro atoms. The molecule has 0 bridgehead atoms. The number of pyridine rings is 1. The maximum absolute atomic E-state index is 2.30. The Labute approximate surface area is 98.2 Å². The second-order valence-corrected chi connectivity index (χ2v) is 3.93. The molecule has 0 saturated heterocycles. The molecule has 3 heteroatoms. The van der Waals surface area contributed by atoms with Gasteiger partial charge < -0.3 is 24.0 Å². The van der Waals surface area contributed by atoms with Crippen LogP contribution in [0.5, 0.6) is 0 Å². The van der Waals surface area contributed by atoms with Gasteiger partial charge in [-0.1, -0.05) is 6.07 Å². The van der Waals surface area contributed by atoms with E-state index < -0.39 is 0 Å². The maximum Gasteiger partial charge on any atom is 0.227 e. The second kappa shape index (κ2) is 3.46. The van der Waals surface area contributed by atoms with Crippen molar-refractivity contribution in [3.8, 4) is 0 Å². The molecule has 3 rings (SSSR count). The molecule has 1 aliphatic rings. The molecule has 13 heavy (non-hydrogen) atoms. The third-order valence-corrected chi connectivity index (χ3v) is 3.27. The highest BCUT2D eigenvalue weighted by molar-refractivity contribution is 7.98. The van der Waals surface area contributed by atoms with Crippen molar-refractivity contribution in [2.75, 3.05) is 0 Å². The van der Waals surface area contributed by atoms with Gasteiger partial charge in [-0.05, 0) is 30.0 Å². The van der Waals surface area contributed by atoms with Gasteiger partial charge in [-0.2, -0.15) is 4.57 Å². The SMILES string of the molecule is [I-].c1cc2c3c(c1)ccc[n+]3CS2. The van der Waals surface area contributed by atoms with E-state index in [4.69, 9.17) is 0 Å². The Morgan fingerprint density at radius 2 is 2.00 bits per heavy atom. The van der Waals surface area contributed by atoms with Crippen molar-refractivity contribution < 1.29 is 28.5 Å². The lowest BCUT2D eigenvalue weighted by molar-refractivity contribution is -0.647. The van der Waals surface area contributed by atoms with E-state index in [1.165, 1.54) is 15.8 Å². The summed E-state index contributed by atoms with van der Waals surface area (Å²) in [5.41, 5.74) is 1.39. The Kier molecular flexibility index (Phi) is 2.47. The number of nitrogens with zero attached hydrogens (tertiary/aromatic N) is 1. The van der Waals surface area contributed by atoms with Gasteiger partial charge in [0.25, 0.3) is 0 Å². The molecule has 2 heterocycles. The van der Waals surface area contributed by atoms with Gasteiger partial charge in [-0.3, -0.25) is 0 Å². The minimum absolute atomic E-state index is 0. The zero-order chi connectivity index (χ0) is 7.97. The summed E-state index contributed by atoms with van der Waals surface area (Å²) in [6.45, 7) is 0. The summed E-state index contributed by atoms with van der Waals surface area (Å²) in [4.78, 5) is 1.41. The molecule has 1 aromatic heterocycles. The molecule has 1 nitrogen and oxygen atoms in total. The third-order valence-electron chi connectivity index (χ3n) is 2.22. The van der Waals surface area contributed by atoms with Crippen molar-refractivity contribution in [2.24, 2.45) is 0 Å². The van der Waals surface area contributed by atoms with Crippen LogP contribution in [-0.4, -0.2) is 0 Å². The summed E-state index contributed by atoms with van der Waals surface area (Å²) in [5, 5.41) is 1.35. The van der Waals surface area contributed by atoms with Crippen molar-refractivity contribution in [2.45, 2.75) is 10.8 Å². The molecule has 2 aromatic rings. The molecular weight excluding hydrogens is 293 g/mol. The Balaban J connectivity index is 0.000000653. The summed E-state index contributed by atoms with van der Waals surface area (Å²) < 4.78 is 2.30. The van der Waals surface area contributed by atoms with Crippen LogP contribution in [0.1, 0.15) is 0 Å². The molecule has 0 fully saturated rings. The van der Waals surface area contributed by atoms with E-state index in [1.807, 2.05) is 11.8 Å². The molecule has 0 unspecified atom stereocenters. The van der Waals surface area contributed by atoms with Gasteiger partial charge in [0.1, 0.15) is 0 Å². The lowest BCUT2D eigenvalue weighted by Crippen LogP contribution is -3.00. The van der Waals surface area contributed by atoms with E-state index in [9.17, 15) is 0 Å². The van der Waals surface area contributed by atoms with Gasteiger partial charge in [0.2, 0.25) is 5.52 Å².